The van der Waals surface area contributed by atoms with Crippen molar-refractivity contribution in [2.24, 2.45) is 0 Å². The Hall–Kier alpha value is -2.82. The minimum atomic E-state index is -0.186. The number of nitrogens with one attached hydrogen (secondary N) is 3. The van der Waals surface area contributed by atoms with E-state index in [0.29, 0.717) is 11.3 Å². The van der Waals surface area contributed by atoms with Crippen LogP contribution in [0.5, 0.6) is 0 Å². The molecule has 0 aliphatic heterocycles. The van der Waals surface area contributed by atoms with Crippen LogP contribution in [0.1, 0.15) is 21.5 Å². The number of hydrogen-bond donors (Lipinski definition) is 3. The molecule has 0 aliphatic carbocycles. The molecule has 0 fully saturated rings. The minimum Gasteiger partial charge on any atom is -0.376 e. The second-order valence-electron chi connectivity index (χ2n) is 5.38. The number of anilines is 2. The Kier molecular flexibility index (Phi) is 5.36. The molecule has 0 saturated carbocycles. The van der Waals surface area contributed by atoms with Crippen LogP contribution in [0.2, 0.25) is 0 Å². The van der Waals surface area contributed by atoms with Gasteiger partial charge in [0, 0.05) is 24.0 Å². The number of aryl methyl sites for hydroxylation is 2. The van der Waals surface area contributed by atoms with Crippen molar-refractivity contribution in [3.05, 3.63) is 59.2 Å². The zero-order chi connectivity index (χ0) is 16.8. The molecular formula is C18H21N3O2. The summed E-state index contributed by atoms with van der Waals surface area (Å²) in [6.45, 7) is 4.16. The lowest BCUT2D eigenvalue weighted by molar-refractivity contribution is -0.114. The third-order valence-electron chi connectivity index (χ3n) is 3.47. The summed E-state index contributed by atoms with van der Waals surface area (Å²) in [5, 5.41) is 8.47. The third kappa shape index (κ3) is 4.57. The van der Waals surface area contributed by atoms with E-state index in [2.05, 4.69) is 16.0 Å². The van der Waals surface area contributed by atoms with Crippen LogP contribution in [0.3, 0.4) is 0 Å². The first-order chi connectivity index (χ1) is 11.0. The third-order valence-corrected chi connectivity index (χ3v) is 3.47. The van der Waals surface area contributed by atoms with E-state index < -0.39 is 0 Å². The predicted molar refractivity (Wildman–Crippen MR) is 92.9 cm³/mol. The molecule has 120 valence electrons. The first-order valence-corrected chi connectivity index (χ1v) is 7.42. The van der Waals surface area contributed by atoms with Crippen molar-refractivity contribution in [1.29, 1.82) is 0 Å². The SMILES string of the molecule is CNC(=O)c1cccc(NC(=O)CNc2cc(C)ccc2C)c1. The molecule has 5 heteroatoms. The number of carbonyl (C=O) groups is 2. The average molecular weight is 311 g/mol. The molecule has 0 unspecified atom stereocenters. The van der Waals surface area contributed by atoms with Crippen LogP contribution < -0.4 is 16.0 Å². The summed E-state index contributed by atoms with van der Waals surface area (Å²) in [4.78, 5) is 23.7. The van der Waals surface area contributed by atoms with E-state index in [4.69, 9.17) is 0 Å². The monoisotopic (exact) mass is 311 g/mol. The maximum absolute atomic E-state index is 12.1. The van der Waals surface area contributed by atoms with E-state index in [9.17, 15) is 9.59 Å². The molecule has 3 N–H and O–H groups in total. The fourth-order valence-electron chi connectivity index (χ4n) is 2.19. The van der Waals surface area contributed by atoms with Crippen molar-refractivity contribution in [2.75, 3.05) is 24.2 Å². The van der Waals surface area contributed by atoms with Crippen molar-refractivity contribution in [1.82, 2.24) is 5.32 Å². The molecule has 0 spiro atoms. The zero-order valence-electron chi connectivity index (χ0n) is 13.6. The van der Waals surface area contributed by atoms with Crippen LogP contribution in [-0.2, 0) is 4.79 Å². The Morgan fingerprint density at radius 3 is 2.57 bits per heavy atom. The van der Waals surface area contributed by atoms with Gasteiger partial charge >= 0.3 is 0 Å². The summed E-state index contributed by atoms with van der Waals surface area (Å²) in [6.07, 6.45) is 0. The summed E-state index contributed by atoms with van der Waals surface area (Å²) in [6, 6.07) is 12.9. The molecule has 0 heterocycles. The van der Waals surface area contributed by atoms with Gasteiger partial charge in [-0.25, -0.2) is 0 Å². The molecule has 0 atom stereocenters. The Bertz CT molecular complexity index is 726. The number of rotatable bonds is 5. The van der Waals surface area contributed by atoms with E-state index in [1.54, 1.807) is 31.3 Å². The topological polar surface area (TPSA) is 70.2 Å². The van der Waals surface area contributed by atoms with Crippen LogP contribution in [-0.4, -0.2) is 25.4 Å². The number of amides is 2. The molecule has 2 aromatic carbocycles. The first-order valence-electron chi connectivity index (χ1n) is 7.42. The van der Waals surface area contributed by atoms with Gasteiger partial charge in [0.05, 0.1) is 6.54 Å². The highest BCUT2D eigenvalue weighted by atomic mass is 16.2. The van der Waals surface area contributed by atoms with Crippen molar-refractivity contribution < 1.29 is 9.59 Å². The van der Waals surface area contributed by atoms with Gasteiger partial charge in [-0.1, -0.05) is 18.2 Å². The van der Waals surface area contributed by atoms with E-state index in [1.165, 1.54) is 0 Å². The van der Waals surface area contributed by atoms with E-state index in [0.717, 1.165) is 16.8 Å². The lowest BCUT2D eigenvalue weighted by Crippen LogP contribution is -2.22. The molecular weight excluding hydrogens is 290 g/mol. The van der Waals surface area contributed by atoms with Gasteiger partial charge < -0.3 is 16.0 Å². The molecule has 5 nitrogen and oxygen atoms in total. The van der Waals surface area contributed by atoms with E-state index in [-0.39, 0.29) is 18.4 Å². The Morgan fingerprint density at radius 2 is 1.83 bits per heavy atom. The molecule has 0 aromatic heterocycles. The maximum atomic E-state index is 12.1. The van der Waals surface area contributed by atoms with Crippen LogP contribution in [0.15, 0.2) is 42.5 Å². The van der Waals surface area contributed by atoms with Crippen LogP contribution in [0.4, 0.5) is 11.4 Å². The van der Waals surface area contributed by atoms with Gasteiger partial charge in [0.1, 0.15) is 0 Å². The molecule has 0 bridgehead atoms. The quantitative estimate of drug-likeness (QED) is 0.795. The highest BCUT2D eigenvalue weighted by Gasteiger charge is 2.07. The van der Waals surface area contributed by atoms with Gasteiger partial charge in [-0.2, -0.15) is 0 Å². The maximum Gasteiger partial charge on any atom is 0.251 e. The van der Waals surface area contributed by atoms with Crippen LogP contribution in [0.25, 0.3) is 0 Å². The number of carbonyl (C=O) groups excluding carboxylic acids is 2. The molecule has 23 heavy (non-hydrogen) atoms. The van der Waals surface area contributed by atoms with Gasteiger partial charge in [-0.15, -0.1) is 0 Å². The number of benzene rings is 2. The highest BCUT2D eigenvalue weighted by Crippen LogP contribution is 2.16. The van der Waals surface area contributed by atoms with Crippen molar-refractivity contribution in [3.8, 4) is 0 Å². The Balaban J connectivity index is 1.97. The second kappa shape index (κ2) is 7.45. The Morgan fingerprint density at radius 1 is 1.04 bits per heavy atom. The zero-order valence-corrected chi connectivity index (χ0v) is 13.6. The van der Waals surface area contributed by atoms with E-state index in [1.807, 2.05) is 32.0 Å². The normalized spacial score (nSPS) is 10.0. The molecule has 2 rings (SSSR count). The van der Waals surface area contributed by atoms with Gasteiger partial charge in [-0.05, 0) is 49.2 Å². The molecule has 2 aromatic rings. The summed E-state index contributed by atoms with van der Waals surface area (Å²) < 4.78 is 0. The molecule has 2 amide bonds. The van der Waals surface area contributed by atoms with E-state index >= 15 is 0 Å². The average Bonchev–Trinajstić information content (AvgIpc) is 2.55. The molecule has 0 aliphatic rings. The first kappa shape index (κ1) is 16.5. The summed E-state index contributed by atoms with van der Waals surface area (Å²) in [5.74, 6) is -0.352. The summed E-state index contributed by atoms with van der Waals surface area (Å²) >= 11 is 0. The van der Waals surface area contributed by atoms with Gasteiger partial charge in [0.15, 0.2) is 0 Å². The number of hydrogen-bond acceptors (Lipinski definition) is 3. The highest BCUT2D eigenvalue weighted by molar-refractivity contribution is 5.98. The second-order valence-corrected chi connectivity index (χ2v) is 5.38. The molecule has 0 saturated heterocycles. The minimum absolute atomic E-state index is 0.161. The fraction of sp³-hybridized carbons (Fsp3) is 0.222. The lowest BCUT2D eigenvalue weighted by atomic mass is 10.1. The molecule has 0 radical (unpaired) electrons. The van der Waals surface area contributed by atoms with Gasteiger partial charge in [0.2, 0.25) is 5.91 Å². The van der Waals surface area contributed by atoms with Crippen LogP contribution in [0, 0.1) is 13.8 Å². The van der Waals surface area contributed by atoms with Gasteiger partial charge in [-0.3, -0.25) is 9.59 Å². The van der Waals surface area contributed by atoms with Crippen molar-refractivity contribution >= 4 is 23.2 Å². The lowest BCUT2D eigenvalue weighted by Gasteiger charge is -2.11. The largest absolute Gasteiger partial charge is 0.376 e. The fourth-order valence-corrected chi connectivity index (χ4v) is 2.19. The predicted octanol–water partition coefficient (Wildman–Crippen LogP) is 2.71. The Labute approximate surface area is 136 Å². The smallest absolute Gasteiger partial charge is 0.251 e. The summed E-state index contributed by atoms with van der Waals surface area (Å²) in [7, 11) is 1.57. The van der Waals surface area contributed by atoms with Crippen LogP contribution >= 0.6 is 0 Å². The van der Waals surface area contributed by atoms with Crippen molar-refractivity contribution in [2.45, 2.75) is 13.8 Å². The van der Waals surface area contributed by atoms with Gasteiger partial charge in [0.25, 0.3) is 5.91 Å². The standard InChI is InChI=1S/C18H21N3O2/c1-12-7-8-13(2)16(9-12)20-11-17(22)21-15-6-4-5-14(10-15)18(23)19-3/h4-10,20H,11H2,1-3H3,(H,19,23)(H,21,22). The van der Waals surface area contributed by atoms with Crippen molar-refractivity contribution in [3.63, 3.8) is 0 Å². The summed E-state index contributed by atoms with van der Waals surface area (Å²) in [5.41, 5.74) is 4.27.